The Kier molecular flexibility index (Phi) is 8.58. The molecule has 180 valence electrons. The van der Waals surface area contributed by atoms with E-state index in [1.807, 2.05) is 19.9 Å². The lowest BCUT2D eigenvalue weighted by molar-refractivity contribution is 0.100. The number of halogens is 1. The Hall–Kier alpha value is -3.47. The molecule has 0 fully saturated rings. The summed E-state index contributed by atoms with van der Waals surface area (Å²) in [6.45, 7) is 6.00. The van der Waals surface area contributed by atoms with Crippen molar-refractivity contribution in [1.29, 1.82) is 0 Å². The van der Waals surface area contributed by atoms with Crippen LogP contribution in [-0.4, -0.2) is 50.6 Å². The van der Waals surface area contributed by atoms with Crippen LogP contribution in [0.15, 0.2) is 28.7 Å². The molecule has 3 aromatic rings. The normalized spacial score (nSPS) is 10.7. The summed E-state index contributed by atoms with van der Waals surface area (Å²) in [5.41, 5.74) is 2.34. The molecule has 34 heavy (non-hydrogen) atoms. The fourth-order valence-electron chi connectivity index (χ4n) is 3.29. The summed E-state index contributed by atoms with van der Waals surface area (Å²) in [5.74, 6) is 0.469. The lowest BCUT2D eigenvalue weighted by Gasteiger charge is -2.15. The maximum Gasteiger partial charge on any atom is 0.294 e. The Balaban J connectivity index is 1.58. The monoisotopic (exact) mass is 531 g/mol. The number of phenols is 1. The molecule has 10 nitrogen and oxygen atoms in total. The number of ketones is 1. The van der Waals surface area contributed by atoms with Gasteiger partial charge in [-0.05, 0) is 70.4 Å². The average molecular weight is 532 g/mol. The maximum absolute atomic E-state index is 12.2. The first-order valence-electron chi connectivity index (χ1n) is 10.8. The number of phenolic OH excluding ortho intramolecular Hbond substituents is 1. The number of H-pyrrole nitrogens is 1. The highest BCUT2D eigenvalue weighted by Gasteiger charge is 2.16. The number of nitrogens with one attached hydrogen (secondary N) is 2. The average Bonchev–Trinajstić information content (AvgIpc) is 3.33. The van der Waals surface area contributed by atoms with Crippen molar-refractivity contribution in [2.24, 2.45) is 0 Å². The summed E-state index contributed by atoms with van der Waals surface area (Å²) >= 11 is 3.48. The number of benzene rings is 2. The number of tetrazole rings is 1. The van der Waals surface area contributed by atoms with Gasteiger partial charge in [-0.25, -0.2) is 5.10 Å². The highest BCUT2D eigenvalue weighted by Crippen LogP contribution is 2.34. The minimum atomic E-state index is -0.461. The van der Waals surface area contributed by atoms with E-state index < -0.39 is 5.91 Å². The van der Waals surface area contributed by atoms with Crippen molar-refractivity contribution in [3.05, 3.63) is 51.3 Å². The van der Waals surface area contributed by atoms with Crippen LogP contribution in [0, 0.1) is 6.92 Å². The van der Waals surface area contributed by atoms with E-state index >= 15 is 0 Å². The third kappa shape index (κ3) is 6.10. The fraction of sp³-hybridized carbons (Fsp3) is 0.348. The van der Waals surface area contributed by atoms with Crippen LogP contribution in [0.3, 0.4) is 0 Å². The quantitative estimate of drug-likeness (QED) is 0.246. The van der Waals surface area contributed by atoms with Gasteiger partial charge < -0.3 is 19.9 Å². The number of anilines is 1. The Morgan fingerprint density at radius 3 is 2.56 bits per heavy atom. The first kappa shape index (κ1) is 25.2. The molecule has 0 aliphatic heterocycles. The predicted molar refractivity (Wildman–Crippen MR) is 129 cm³/mol. The number of aryl methyl sites for hydroxylation is 1. The van der Waals surface area contributed by atoms with Crippen LogP contribution in [0.25, 0.3) is 0 Å². The van der Waals surface area contributed by atoms with Crippen LogP contribution in [0.1, 0.15) is 58.8 Å². The molecule has 0 aliphatic carbocycles. The van der Waals surface area contributed by atoms with E-state index in [2.05, 4.69) is 41.9 Å². The molecule has 0 aliphatic rings. The molecule has 0 saturated heterocycles. The SMILES string of the molecule is CCCc1c(OCCCOc2cc(NC(=O)c3nnn[nH]3)c(C)cc2Br)ccc(C(C)=O)c1O. The molecule has 0 saturated carbocycles. The molecule has 1 amide bonds. The van der Waals surface area contributed by atoms with Crippen LogP contribution >= 0.6 is 15.9 Å². The van der Waals surface area contributed by atoms with Crippen molar-refractivity contribution in [3.63, 3.8) is 0 Å². The van der Waals surface area contributed by atoms with Crippen LogP contribution in [0.5, 0.6) is 17.2 Å². The smallest absolute Gasteiger partial charge is 0.294 e. The number of aromatic nitrogens is 4. The lowest BCUT2D eigenvalue weighted by atomic mass is 10.0. The van der Waals surface area contributed by atoms with E-state index in [1.165, 1.54) is 6.92 Å². The molecular formula is C23H26BrN5O5. The standard InChI is InChI=1S/C23H26BrN5O5/c1-4-6-16-19(8-7-15(14(3)30)21(16)31)33-9-5-10-34-20-12-18(13(2)11-17(20)24)25-23(32)22-26-28-29-27-22/h7-8,11-12,31H,4-6,9-10H2,1-3H3,(H,25,32)(H,26,27,28,29). The summed E-state index contributed by atoms with van der Waals surface area (Å²) in [6, 6.07) is 6.87. The molecule has 2 aromatic carbocycles. The minimum Gasteiger partial charge on any atom is -0.507 e. The van der Waals surface area contributed by atoms with E-state index in [4.69, 9.17) is 9.47 Å². The summed E-state index contributed by atoms with van der Waals surface area (Å²) in [7, 11) is 0. The number of amides is 1. The van der Waals surface area contributed by atoms with Crippen molar-refractivity contribution in [2.45, 2.75) is 40.0 Å². The third-order valence-corrected chi connectivity index (χ3v) is 5.63. The number of aromatic amines is 1. The Labute approximate surface area is 205 Å². The number of carbonyl (C=O) groups is 2. The minimum absolute atomic E-state index is 0.00625. The number of ether oxygens (including phenoxy) is 2. The molecule has 3 rings (SSSR count). The molecule has 1 heterocycles. The van der Waals surface area contributed by atoms with Gasteiger partial charge in [-0.3, -0.25) is 9.59 Å². The zero-order chi connectivity index (χ0) is 24.7. The van der Waals surface area contributed by atoms with Gasteiger partial charge in [0.1, 0.15) is 17.2 Å². The first-order chi connectivity index (χ1) is 16.3. The van der Waals surface area contributed by atoms with Gasteiger partial charge in [-0.15, -0.1) is 5.10 Å². The van der Waals surface area contributed by atoms with Gasteiger partial charge in [0.05, 0.1) is 23.2 Å². The summed E-state index contributed by atoms with van der Waals surface area (Å²) < 4.78 is 12.5. The molecule has 1 aromatic heterocycles. The van der Waals surface area contributed by atoms with Crippen LogP contribution in [0.4, 0.5) is 5.69 Å². The van der Waals surface area contributed by atoms with Gasteiger partial charge in [0.15, 0.2) is 5.78 Å². The second-order valence-corrected chi connectivity index (χ2v) is 8.45. The van der Waals surface area contributed by atoms with E-state index in [0.29, 0.717) is 54.4 Å². The third-order valence-electron chi connectivity index (χ3n) is 5.01. The van der Waals surface area contributed by atoms with Crippen molar-refractivity contribution in [3.8, 4) is 17.2 Å². The molecule has 0 spiro atoms. The number of Topliss-reactive ketones (excluding diaryl/α,β-unsaturated/α-hetero) is 1. The van der Waals surface area contributed by atoms with Crippen molar-refractivity contribution < 1.29 is 24.2 Å². The van der Waals surface area contributed by atoms with Gasteiger partial charge in [-0.2, -0.15) is 0 Å². The van der Waals surface area contributed by atoms with Crippen molar-refractivity contribution in [2.75, 3.05) is 18.5 Å². The largest absolute Gasteiger partial charge is 0.507 e. The number of aromatic hydroxyl groups is 1. The lowest BCUT2D eigenvalue weighted by Crippen LogP contribution is -2.15. The number of carbonyl (C=O) groups excluding carboxylic acids is 2. The van der Waals surface area contributed by atoms with E-state index in [0.717, 1.165) is 16.5 Å². The number of hydrogen-bond donors (Lipinski definition) is 3. The summed E-state index contributed by atoms with van der Waals surface area (Å²) in [6.07, 6.45) is 1.99. The number of nitrogens with zero attached hydrogens (tertiary/aromatic N) is 3. The van der Waals surface area contributed by atoms with Gasteiger partial charge in [0, 0.05) is 23.7 Å². The van der Waals surface area contributed by atoms with E-state index in [9.17, 15) is 14.7 Å². The highest BCUT2D eigenvalue weighted by molar-refractivity contribution is 9.10. The Morgan fingerprint density at radius 1 is 1.18 bits per heavy atom. The molecule has 3 N–H and O–H groups in total. The highest BCUT2D eigenvalue weighted by atomic mass is 79.9. The number of rotatable bonds is 11. The Morgan fingerprint density at radius 2 is 1.91 bits per heavy atom. The zero-order valence-electron chi connectivity index (χ0n) is 19.1. The fourth-order valence-corrected chi connectivity index (χ4v) is 3.86. The van der Waals surface area contributed by atoms with Crippen LogP contribution in [-0.2, 0) is 6.42 Å². The predicted octanol–water partition coefficient (Wildman–Crippen LogP) is 4.23. The first-order valence-corrected chi connectivity index (χ1v) is 11.6. The van der Waals surface area contributed by atoms with Crippen molar-refractivity contribution >= 4 is 33.3 Å². The summed E-state index contributed by atoms with van der Waals surface area (Å²) in [5, 5.41) is 26.0. The molecule has 0 radical (unpaired) electrons. The zero-order valence-corrected chi connectivity index (χ0v) is 20.7. The molecular weight excluding hydrogens is 506 g/mol. The van der Waals surface area contributed by atoms with Gasteiger partial charge in [-0.1, -0.05) is 13.3 Å². The second kappa shape index (κ2) is 11.6. The molecule has 0 unspecified atom stereocenters. The van der Waals surface area contributed by atoms with Gasteiger partial charge >= 0.3 is 0 Å². The van der Waals surface area contributed by atoms with Crippen LogP contribution < -0.4 is 14.8 Å². The van der Waals surface area contributed by atoms with Gasteiger partial charge in [0.2, 0.25) is 5.82 Å². The Bertz CT molecular complexity index is 1170. The van der Waals surface area contributed by atoms with Gasteiger partial charge in [0.25, 0.3) is 5.91 Å². The van der Waals surface area contributed by atoms with E-state index in [-0.39, 0.29) is 17.4 Å². The second-order valence-electron chi connectivity index (χ2n) is 7.60. The summed E-state index contributed by atoms with van der Waals surface area (Å²) in [4.78, 5) is 23.9. The molecule has 0 bridgehead atoms. The van der Waals surface area contributed by atoms with Crippen LogP contribution in [0.2, 0.25) is 0 Å². The maximum atomic E-state index is 12.2. The van der Waals surface area contributed by atoms with E-state index in [1.54, 1.807) is 18.2 Å². The van der Waals surface area contributed by atoms with Crippen molar-refractivity contribution in [1.82, 2.24) is 20.6 Å². The topological polar surface area (TPSA) is 139 Å². The molecule has 11 heteroatoms. The number of hydrogen-bond acceptors (Lipinski definition) is 8. The molecule has 0 atom stereocenters.